The van der Waals surface area contributed by atoms with Crippen molar-refractivity contribution in [3.63, 3.8) is 0 Å². The molecule has 2 heteroatoms. The third-order valence-electron chi connectivity index (χ3n) is 3.65. The van der Waals surface area contributed by atoms with Crippen molar-refractivity contribution >= 4 is 0 Å². The van der Waals surface area contributed by atoms with E-state index in [1.165, 1.54) is 11.1 Å². The maximum absolute atomic E-state index is 5.48. The van der Waals surface area contributed by atoms with Gasteiger partial charge in [0.05, 0.1) is 0 Å². The van der Waals surface area contributed by atoms with Crippen molar-refractivity contribution in [2.45, 2.75) is 32.4 Å². The summed E-state index contributed by atoms with van der Waals surface area (Å²) in [5, 5.41) is 3.57. The Balaban J connectivity index is 1.71. The van der Waals surface area contributed by atoms with Gasteiger partial charge in [0.25, 0.3) is 0 Å². The summed E-state index contributed by atoms with van der Waals surface area (Å²) in [6.07, 6.45) is 4.01. The quantitative estimate of drug-likeness (QED) is 0.694. The van der Waals surface area contributed by atoms with Crippen LogP contribution in [-0.4, -0.2) is 12.6 Å². The van der Waals surface area contributed by atoms with Crippen molar-refractivity contribution in [2.24, 2.45) is 0 Å². The first-order valence-electron chi connectivity index (χ1n) is 7.88. The van der Waals surface area contributed by atoms with E-state index in [2.05, 4.69) is 61.3 Å². The molecule has 0 fully saturated rings. The number of hydrogen-bond acceptors (Lipinski definition) is 2. The molecule has 2 rings (SSSR count). The normalized spacial score (nSPS) is 11.9. The molecule has 2 aromatic rings. The van der Waals surface area contributed by atoms with Gasteiger partial charge in [-0.3, -0.25) is 0 Å². The van der Waals surface area contributed by atoms with Crippen LogP contribution in [0.4, 0.5) is 0 Å². The Hall–Kier alpha value is -2.06. The van der Waals surface area contributed by atoms with Crippen LogP contribution in [0.15, 0.2) is 67.3 Å². The average Bonchev–Trinajstić information content (AvgIpc) is 2.58. The summed E-state index contributed by atoms with van der Waals surface area (Å²) in [6, 6.07) is 19.4. The number of benzene rings is 2. The van der Waals surface area contributed by atoms with E-state index in [-0.39, 0.29) is 0 Å². The smallest absolute Gasteiger partial charge is 0.119 e. The highest BCUT2D eigenvalue weighted by Gasteiger charge is 2.03. The number of rotatable bonds is 9. The molecule has 1 N–H and O–H groups in total. The molecule has 0 amide bonds. The molecule has 0 aliphatic heterocycles. The third kappa shape index (κ3) is 5.74. The summed E-state index contributed by atoms with van der Waals surface area (Å²) < 4.78 is 5.48. The van der Waals surface area contributed by atoms with Gasteiger partial charge in [-0.25, -0.2) is 0 Å². The highest BCUT2D eigenvalue weighted by atomic mass is 16.5. The van der Waals surface area contributed by atoms with Gasteiger partial charge in [-0.2, -0.15) is 0 Å². The van der Waals surface area contributed by atoms with Crippen molar-refractivity contribution in [1.82, 2.24) is 5.32 Å². The highest BCUT2D eigenvalue weighted by Crippen LogP contribution is 2.12. The summed E-state index contributed by atoms with van der Waals surface area (Å²) in [5.41, 5.74) is 2.68. The minimum absolute atomic E-state index is 0.497. The first-order valence-corrected chi connectivity index (χ1v) is 7.88. The molecule has 0 heterocycles. The van der Waals surface area contributed by atoms with Crippen molar-refractivity contribution in [1.29, 1.82) is 0 Å². The van der Waals surface area contributed by atoms with Gasteiger partial charge < -0.3 is 10.1 Å². The first kappa shape index (κ1) is 16.3. The highest BCUT2D eigenvalue weighted by molar-refractivity contribution is 5.27. The van der Waals surface area contributed by atoms with Gasteiger partial charge >= 0.3 is 0 Å². The summed E-state index contributed by atoms with van der Waals surface area (Å²) >= 11 is 0. The van der Waals surface area contributed by atoms with Crippen LogP contribution in [-0.2, 0) is 13.0 Å². The molecular weight excluding hydrogens is 270 g/mol. The molecule has 0 aromatic heterocycles. The second-order valence-electron chi connectivity index (χ2n) is 5.55. The monoisotopic (exact) mass is 295 g/mol. The standard InChI is InChI=1S/C20H25NO/c1-3-15-22-20-13-11-19(12-14-20)16-21-17(2)9-10-18-7-5-4-6-8-18/h3-8,11-14,17,21H,1,9-10,15-16H2,2H3/t17-/m0/s1. The Labute approximate surface area is 133 Å². The molecule has 0 saturated carbocycles. The van der Waals surface area contributed by atoms with Crippen molar-refractivity contribution < 1.29 is 4.74 Å². The molecular formula is C20H25NO. The van der Waals surface area contributed by atoms with E-state index in [0.29, 0.717) is 12.6 Å². The average molecular weight is 295 g/mol. The fraction of sp³-hybridized carbons (Fsp3) is 0.300. The molecule has 22 heavy (non-hydrogen) atoms. The van der Waals surface area contributed by atoms with Gasteiger partial charge in [-0.05, 0) is 43.0 Å². The van der Waals surface area contributed by atoms with Crippen molar-refractivity contribution in [2.75, 3.05) is 6.61 Å². The number of aryl methyl sites for hydroxylation is 1. The molecule has 0 radical (unpaired) electrons. The van der Waals surface area contributed by atoms with Gasteiger partial charge in [0.2, 0.25) is 0 Å². The van der Waals surface area contributed by atoms with Crippen LogP contribution in [0.3, 0.4) is 0 Å². The lowest BCUT2D eigenvalue weighted by atomic mass is 10.1. The molecule has 1 atom stereocenters. The van der Waals surface area contributed by atoms with Gasteiger partial charge in [-0.1, -0.05) is 55.1 Å². The maximum atomic E-state index is 5.48. The summed E-state index contributed by atoms with van der Waals surface area (Å²) in [4.78, 5) is 0. The largest absolute Gasteiger partial charge is 0.490 e. The zero-order chi connectivity index (χ0) is 15.6. The minimum Gasteiger partial charge on any atom is -0.490 e. The summed E-state index contributed by atoms with van der Waals surface area (Å²) in [5.74, 6) is 0.890. The minimum atomic E-state index is 0.497. The van der Waals surface area contributed by atoms with Gasteiger partial charge in [0, 0.05) is 12.6 Å². The Morgan fingerprint density at radius 1 is 1.05 bits per heavy atom. The van der Waals surface area contributed by atoms with Gasteiger partial charge in [-0.15, -0.1) is 0 Å². The number of ether oxygens (including phenoxy) is 1. The Kier molecular flexibility index (Phi) is 6.72. The second kappa shape index (κ2) is 9.06. The molecule has 0 aliphatic rings. The van der Waals surface area contributed by atoms with Crippen LogP contribution in [0.5, 0.6) is 5.75 Å². The molecule has 0 unspecified atom stereocenters. The van der Waals surface area contributed by atoms with Crippen LogP contribution in [0.2, 0.25) is 0 Å². The van der Waals surface area contributed by atoms with E-state index >= 15 is 0 Å². The SMILES string of the molecule is C=CCOc1ccc(CN[C@@H](C)CCc2ccccc2)cc1. The van der Waals surface area contributed by atoms with Gasteiger partial charge in [0.15, 0.2) is 0 Å². The lowest BCUT2D eigenvalue weighted by Crippen LogP contribution is -2.25. The van der Waals surface area contributed by atoms with Crippen molar-refractivity contribution in [3.05, 3.63) is 78.4 Å². The predicted octanol–water partition coefficient (Wildman–Crippen LogP) is 4.36. The molecule has 116 valence electrons. The lowest BCUT2D eigenvalue weighted by Gasteiger charge is -2.14. The van der Waals surface area contributed by atoms with Crippen LogP contribution in [0.1, 0.15) is 24.5 Å². The predicted molar refractivity (Wildman–Crippen MR) is 93.2 cm³/mol. The summed E-state index contributed by atoms with van der Waals surface area (Å²) in [6.45, 7) is 7.32. The van der Waals surface area contributed by atoms with Crippen LogP contribution in [0, 0.1) is 0 Å². The Morgan fingerprint density at radius 3 is 2.45 bits per heavy atom. The van der Waals surface area contributed by atoms with E-state index < -0.39 is 0 Å². The van der Waals surface area contributed by atoms with Crippen LogP contribution >= 0.6 is 0 Å². The maximum Gasteiger partial charge on any atom is 0.119 e. The molecule has 0 spiro atoms. The van der Waals surface area contributed by atoms with Crippen LogP contribution < -0.4 is 10.1 Å². The molecule has 0 bridgehead atoms. The Bertz CT molecular complexity index is 548. The topological polar surface area (TPSA) is 21.3 Å². The van der Waals surface area contributed by atoms with E-state index in [9.17, 15) is 0 Å². The van der Waals surface area contributed by atoms with Crippen molar-refractivity contribution in [3.8, 4) is 5.75 Å². The summed E-state index contributed by atoms with van der Waals surface area (Å²) in [7, 11) is 0. The second-order valence-corrected chi connectivity index (χ2v) is 5.55. The first-order chi connectivity index (χ1) is 10.8. The molecule has 2 nitrogen and oxygen atoms in total. The zero-order valence-corrected chi connectivity index (χ0v) is 13.3. The fourth-order valence-corrected chi connectivity index (χ4v) is 2.28. The number of hydrogen-bond donors (Lipinski definition) is 1. The van der Waals surface area contributed by atoms with Gasteiger partial charge in [0.1, 0.15) is 12.4 Å². The third-order valence-corrected chi connectivity index (χ3v) is 3.65. The molecule has 0 saturated heterocycles. The fourth-order valence-electron chi connectivity index (χ4n) is 2.28. The lowest BCUT2D eigenvalue weighted by molar-refractivity contribution is 0.363. The number of nitrogens with one attached hydrogen (secondary N) is 1. The van der Waals surface area contributed by atoms with E-state index in [1.54, 1.807) is 6.08 Å². The molecule has 0 aliphatic carbocycles. The molecule has 2 aromatic carbocycles. The van der Waals surface area contributed by atoms with E-state index in [4.69, 9.17) is 4.74 Å². The zero-order valence-electron chi connectivity index (χ0n) is 13.3. The van der Waals surface area contributed by atoms with Crippen LogP contribution in [0.25, 0.3) is 0 Å². The Morgan fingerprint density at radius 2 is 1.77 bits per heavy atom. The van der Waals surface area contributed by atoms with E-state index in [0.717, 1.165) is 25.1 Å². The van der Waals surface area contributed by atoms with E-state index in [1.807, 2.05) is 12.1 Å².